The number of hydrogen-bond acceptors (Lipinski definition) is 4. The van der Waals surface area contributed by atoms with Crippen LogP contribution in [0.4, 0.5) is 13.2 Å². The van der Waals surface area contributed by atoms with Gasteiger partial charge in [0.2, 0.25) is 0 Å². The first-order valence-electron chi connectivity index (χ1n) is 7.49. The van der Waals surface area contributed by atoms with Crippen LogP contribution in [-0.4, -0.2) is 15.3 Å². The first kappa shape index (κ1) is 17.7. The van der Waals surface area contributed by atoms with Gasteiger partial charge in [0, 0.05) is 18.2 Å². The predicted octanol–water partition coefficient (Wildman–Crippen LogP) is 4.31. The van der Waals surface area contributed by atoms with Gasteiger partial charge in [-0.15, -0.1) is 11.8 Å². The molecule has 3 heterocycles. The van der Waals surface area contributed by atoms with E-state index in [0.29, 0.717) is 5.75 Å². The van der Waals surface area contributed by atoms with Crippen LogP contribution < -0.4 is 11.2 Å². The van der Waals surface area contributed by atoms with Crippen molar-refractivity contribution in [3.63, 3.8) is 0 Å². The molecule has 1 unspecified atom stereocenters. The van der Waals surface area contributed by atoms with E-state index in [4.69, 9.17) is 11.6 Å². The molecule has 4 nitrogen and oxygen atoms in total. The quantitative estimate of drug-likeness (QED) is 0.640. The van der Waals surface area contributed by atoms with Crippen molar-refractivity contribution in [1.82, 2.24) is 9.55 Å². The molecule has 136 valence electrons. The molecule has 0 bridgehead atoms. The Kier molecular flexibility index (Phi) is 4.20. The molecule has 26 heavy (non-hydrogen) atoms. The third kappa shape index (κ3) is 2.78. The number of rotatable bonds is 1. The van der Waals surface area contributed by atoms with Crippen molar-refractivity contribution in [3.05, 3.63) is 59.9 Å². The normalized spacial score (nSPS) is 17.5. The number of nitrogens with zero attached hydrogens (tertiary/aromatic N) is 1. The summed E-state index contributed by atoms with van der Waals surface area (Å²) in [7, 11) is 0. The molecule has 1 aliphatic heterocycles. The van der Waals surface area contributed by atoms with Gasteiger partial charge in [-0.3, -0.25) is 14.3 Å². The molecule has 1 N–H and O–H groups in total. The van der Waals surface area contributed by atoms with E-state index in [-0.39, 0.29) is 28.3 Å². The molecule has 0 amide bonds. The van der Waals surface area contributed by atoms with Crippen LogP contribution in [0.15, 0.2) is 37.4 Å². The molecule has 1 aromatic carbocycles. The highest BCUT2D eigenvalue weighted by atomic mass is 35.5. The van der Waals surface area contributed by atoms with Crippen LogP contribution in [0.1, 0.15) is 17.0 Å². The van der Waals surface area contributed by atoms with Crippen molar-refractivity contribution in [2.24, 2.45) is 0 Å². The number of alkyl halides is 3. The van der Waals surface area contributed by atoms with E-state index in [1.54, 1.807) is 0 Å². The molecule has 1 aliphatic rings. The number of nitrogens with one attached hydrogen (secondary N) is 1. The van der Waals surface area contributed by atoms with Crippen LogP contribution in [-0.2, 0) is 12.7 Å². The fourth-order valence-corrected chi connectivity index (χ4v) is 5.49. The number of aromatic nitrogens is 2. The van der Waals surface area contributed by atoms with Crippen LogP contribution in [0.5, 0.6) is 0 Å². The molecule has 4 rings (SSSR count). The second-order valence-corrected chi connectivity index (χ2v) is 8.08. The summed E-state index contributed by atoms with van der Waals surface area (Å²) in [4.78, 5) is 26.8. The van der Waals surface area contributed by atoms with Crippen molar-refractivity contribution in [3.8, 4) is 0 Å². The van der Waals surface area contributed by atoms with Gasteiger partial charge in [0.05, 0.1) is 26.4 Å². The van der Waals surface area contributed by atoms with Crippen LogP contribution in [0.25, 0.3) is 10.9 Å². The Hall–Kier alpha value is -1.71. The summed E-state index contributed by atoms with van der Waals surface area (Å²) in [6, 6.07) is 2.64. The maximum Gasteiger partial charge on any atom is 0.417 e. The summed E-state index contributed by atoms with van der Waals surface area (Å²) < 4.78 is 41.4. The number of thiophene rings is 1. The van der Waals surface area contributed by atoms with Crippen molar-refractivity contribution in [2.75, 3.05) is 5.75 Å². The lowest BCUT2D eigenvalue weighted by atomic mass is 10.0. The second-order valence-electron chi connectivity index (χ2n) is 5.90. The molecular formula is C16H10ClF3N2O2S2. The molecule has 0 fully saturated rings. The van der Waals surface area contributed by atoms with Crippen molar-refractivity contribution in [2.45, 2.75) is 23.5 Å². The number of H-pyrrole nitrogens is 1. The Morgan fingerprint density at radius 2 is 2.08 bits per heavy atom. The minimum atomic E-state index is -4.70. The molecule has 3 aromatic rings. The monoisotopic (exact) mass is 418 g/mol. The molecule has 0 spiro atoms. The molecule has 0 aliphatic carbocycles. The lowest BCUT2D eigenvalue weighted by Crippen LogP contribution is -2.32. The van der Waals surface area contributed by atoms with Crippen LogP contribution in [0, 0.1) is 0 Å². The Balaban J connectivity index is 2.04. The minimum absolute atomic E-state index is 0.0872. The molecule has 2 aromatic heterocycles. The average molecular weight is 419 g/mol. The van der Waals surface area contributed by atoms with Crippen LogP contribution in [0.2, 0.25) is 5.02 Å². The van der Waals surface area contributed by atoms with Gasteiger partial charge in [0.1, 0.15) is 0 Å². The summed E-state index contributed by atoms with van der Waals surface area (Å²) in [6.07, 6.45) is -4.70. The average Bonchev–Trinajstić information content (AvgIpc) is 3.00. The number of halogens is 4. The summed E-state index contributed by atoms with van der Waals surface area (Å²) in [5, 5.41) is 3.19. The van der Waals surface area contributed by atoms with Crippen molar-refractivity contribution >= 4 is 45.6 Å². The zero-order valence-corrected chi connectivity index (χ0v) is 15.3. The number of benzene rings is 1. The second kappa shape index (κ2) is 6.17. The van der Waals surface area contributed by atoms with E-state index < -0.39 is 28.0 Å². The summed E-state index contributed by atoms with van der Waals surface area (Å²) in [5.74, 6) is 0.359. The maximum absolute atomic E-state index is 13.4. The number of thioether (sulfide) groups is 1. The molecule has 0 saturated carbocycles. The minimum Gasteiger partial charge on any atom is -0.291 e. The van der Waals surface area contributed by atoms with Gasteiger partial charge in [0.25, 0.3) is 5.56 Å². The van der Waals surface area contributed by atoms with E-state index in [1.807, 2.05) is 16.8 Å². The Bertz CT molecular complexity index is 1120. The van der Waals surface area contributed by atoms with Gasteiger partial charge in [-0.1, -0.05) is 11.6 Å². The van der Waals surface area contributed by atoms with E-state index in [2.05, 4.69) is 4.98 Å². The van der Waals surface area contributed by atoms with E-state index in [9.17, 15) is 22.8 Å². The van der Waals surface area contributed by atoms with Gasteiger partial charge in [-0.2, -0.15) is 24.5 Å². The number of hydrogen-bond donors (Lipinski definition) is 1. The van der Waals surface area contributed by atoms with Gasteiger partial charge in [-0.05, 0) is 28.5 Å². The largest absolute Gasteiger partial charge is 0.417 e. The summed E-state index contributed by atoms with van der Waals surface area (Å²) >= 11 is 8.71. The highest BCUT2D eigenvalue weighted by Gasteiger charge is 2.37. The van der Waals surface area contributed by atoms with Gasteiger partial charge < -0.3 is 0 Å². The lowest BCUT2D eigenvalue weighted by molar-refractivity contribution is -0.137. The first-order chi connectivity index (χ1) is 12.3. The van der Waals surface area contributed by atoms with Crippen molar-refractivity contribution < 1.29 is 13.2 Å². The molecule has 1 atom stereocenters. The van der Waals surface area contributed by atoms with E-state index in [0.717, 1.165) is 23.4 Å². The van der Waals surface area contributed by atoms with Gasteiger partial charge in [0.15, 0.2) is 0 Å². The zero-order valence-electron chi connectivity index (χ0n) is 12.9. The third-order valence-corrected chi connectivity index (χ3v) is 6.79. The highest BCUT2D eigenvalue weighted by Crippen LogP contribution is 2.45. The Morgan fingerprint density at radius 3 is 2.73 bits per heavy atom. The van der Waals surface area contributed by atoms with Crippen molar-refractivity contribution in [1.29, 1.82) is 0 Å². The smallest absolute Gasteiger partial charge is 0.291 e. The Morgan fingerprint density at radius 1 is 1.31 bits per heavy atom. The fourth-order valence-electron chi connectivity index (χ4n) is 3.08. The lowest BCUT2D eigenvalue weighted by Gasteiger charge is -2.16. The SMILES string of the molecule is O=c1[nH]c(=O)n2c3c(c(Cl)c(C(F)(F)F)cc13)SCC(c1ccsc1)C2. The topological polar surface area (TPSA) is 54.9 Å². The standard InChI is InChI=1S/C16H10ClF3N2O2S2/c17-11-10(16(18,19)20)3-9-12-13(11)26-6-8(7-1-2-25-5-7)4-22(12)15(24)21-14(9)23/h1-3,5,8H,4,6H2,(H,21,23,24). The number of aromatic amines is 1. The maximum atomic E-state index is 13.4. The molecule has 0 radical (unpaired) electrons. The molecule has 0 saturated heterocycles. The van der Waals surface area contributed by atoms with Crippen LogP contribution >= 0.6 is 34.7 Å². The van der Waals surface area contributed by atoms with Crippen LogP contribution in [0.3, 0.4) is 0 Å². The zero-order chi connectivity index (χ0) is 18.6. The van der Waals surface area contributed by atoms with Gasteiger partial charge in [-0.25, -0.2) is 4.79 Å². The molecule has 10 heteroatoms. The third-order valence-electron chi connectivity index (χ3n) is 4.33. The predicted molar refractivity (Wildman–Crippen MR) is 96.6 cm³/mol. The first-order valence-corrected chi connectivity index (χ1v) is 9.79. The summed E-state index contributed by atoms with van der Waals surface area (Å²) in [6.45, 7) is 0.255. The Labute approximate surface area is 157 Å². The summed E-state index contributed by atoms with van der Waals surface area (Å²) in [5.41, 5.74) is -1.41. The molecular weight excluding hydrogens is 409 g/mol. The van der Waals surface area contributed by atoms with Gasteiger partial charge >= 0.3 is 11.9 Å². The van der Waals surface area contributed by atoms with E-state index >= 15 is 0 Å². The highest BCUT2D eigenvalue weighted by molar-refractivity contribution is 7.99. The van der Waals surface area contributed by atoms with E-state index in [1.165, 1.54) is 15.9 Å². The fraction of sp³-hybridized carbons (Fsp3) is 0.250.